The highest BCUT2D eigenvalue weighted by molar-refractivity contribution is 9.10. The first-order valence-corrected chi connectivity index (χ1v) is 7.24. The maximum atomic E-state index is 6.12. The molecule has 2 rings (SSSR count). The Bertz CT molecular complexity index is 589. The second-order valence-corrected chi connectivity index (χ2v) is 5.46. The molecule has 0 spiro atoms. The zero-order chi connectivity index (χ0) is 14.0. The zero-order valence-corrected chi connectivity index (χ0v) is 13.4. The average Bonchev–Trinajstić information content (AvgIpc) is 2.42. The van der Waals surface area contributed by atoms with E-state index in [4.69, 9.17) is 11.6 Å². The van der Waals surface area contributed by atoms with Crippen LogP contribution in [0, 0.1) is 6.92 Å². The Hall–Kier alpha value is -1.13. The number of rotatable bonds is 3. The molecule has 0 radical (unpaired) electrons. The summed E-state index contributed by atoms with van der Waals surface area (Å²) in [7, 11) is 1.87. The summed E-state index contributed by atoms with van der Waals surface area (Å²) < 4.78 is 0.870. The number of anilines is 1. The first kappa shape index (κ1) is 14.3. The first-order chi connectivity index (χ1) is 9.06. The number of aryl methyl sites for hydroxylation is 1. The molecule has 0 saturated carbocycles. The van der Waals surface area contributed by atoms with Crippen LogP contribution in [0.25, 0.3) is 11.4 Å². The molecule has 0 unspecified atom stereocenters. The number of halogens is 2. The van der Waals surface area contributed by atoms with E-state index in [0.717, 1.165) is 33.5 Å². The molecule has 0 amide bonds. The Kier molecular flexibility index (Phi) is 4.42. The first-order valence-electron chi connectivity index (χ1n) is 6.07. The molecular weight excluding hydrogens is 326 g/mol. The third-order valence-electron chi connectivity index (χ3n) is 3.00. The van der Waals surface area contributed by atoms with Crippen molar-refractivity contribution in [3.8, 4) is 11.4 Å². The van der Waals surface area contributed by atoms with Gasteiger partial charge in [0.15, 0.2) is 5.82 Å². The molecule has 5 heteroatoms. The number of nitrogens with one attached hydrogen (secondary N) is 1. The monoisotopic (exact) mass is 339 g/mol. The van der Waals surface area contributed by atoms with Crippen LogP contribution in [-0.2, 0) is 6.42 Å². The number of hydrogen-bond acceptors (Lipinski definition) is 3. The maximum Gasteiger partial charge on any atom is 0.161 e. The van der Waals surface area contributed by atoms with Gasteiger partial charge in [-0.3, -0.25) is 0 Å². The van der Waals surface area contributed by atoms with E-state index in [1.165, 1.54) is 0 Å². The van der Waals surface area contributed by atoms with Crippen LogP contribution in [0.5, 0.6) is 0 Å². The third-order valence-corrected chi connectivity index (χ3v) is 4.23. The topological polar surface area (TPSA) is 37.8 Å². The Balaban J connectivity index is 2.58. The quantitative estimate of drug-likeness (QED) is 0.895. The van der Waals surface area contributed by atoms with Gasteiger partial charge >= 0.3 is 0 Å². The summed E-state index contributed by atoms with van der Waals surface area (Å²) in [4.78, 5) is 9.16. The summed E-state index contributed by atoms with van der Waals surface area (Å²) in [6.45, 7) is 4.12. The van der Waals surface area contributed by atoms with Gasteiger partial charge in [-0.2, -0.15) is 0 Å². The van der Waals surface area contributed by atoms with E-state index >= 15 is 0 Å². The summed E-state index contributed by atoms with van der Waals surface area (Å²) in [6, 6.07) is 5.74. The van der Waals surface area contributed by atoms with E-state index < -0.39 is 0 Å². The fourth-order valence-electron chi connectivity index (χ4n) is 1.92. The molecule has 3 nitrogen and oxygen atoms in total. The van der Waals surface area contributed by atoms with Gasteiger partial charge in [-0.1, -0.05) is 18.5 Å². The highest BCUT2D eigenvalue weighted by atomic mass is 79.9. The fraction of sp³-hybridized carbons (Fsp3) is 0.286. The third kappa shape index (κ3) is 2.90. The van der Waals surface area contributed by atoms with Crippen molar-refractivity contribution in [1.29, 1.82) is 0 Å². The number of hydrogen-bond donors (Lipinski definition) is 1. The summed E-state index contributed by atoms with van der Waals surface area (Å²) in [5.74, 6) is 1.56. The van der Waals surface area contributed by atoms with Crippen LogP contribution in [0.15, 0.2) is 22.7 Å². The Labute approximate surface area is 126 Å². The predicted octanol–water partition coefficient (Wildman–Crippen LogP) is 4.47. The molecule has 1 N–H and O–H groups in total. The van der Waals surface area contributed by atoms with Crippen LogP contribution in [0.2, 0.25) is 5.02 Å². The highest BCUT2D eigenvalue weighted by Crippen LogP contribution is 2.28. The predicted molar refractivity (Wildman–Crippen MR) is 83.8 cm³/mol. The highest BCUT2D eigenvalue weighted by Gasteiger charge is 2.11. The number of benzene rings is 1. The van der Waals surface area contributed by atoms with Crippen LogP contribution in [0.1, 0.15) is 18.2 Å². The summed E-state index contributed by atoms with van der Waals surface area (Å²) >= 11 is 9.51. The van der Waals surface area contributed by atoms with Gasteiger partial charge in [0.2, 0.25) is 0 Å². The van der Waals surface area contributed by atoms with Gasteiger partial charge in [-0.15, -0.1) is 0 Å². The van der Waals surface area contributed by atoms with Crippen molar-refractivity contribution in [2.45, 2.75) is 20.3 Å². The summed E-state index contributed by atoms with van der Waals surface area (Å²) in [5.41, 5.74) is 3.06. The molecule has 1 aromatic heterocycles. The molecule has 0 fully saturated rings. The van der Waals surface area contributed by atoms with Crippen molar-refractivity contribution in [2.75, 3.05) is 12.4 Å². The average molecular weight is 341 g/mol. The smallest absolute Gasteiger partial charge is 0.161 e. The van der Waals surface area contributed by atoms with Gasteiger partial charge < -0.3 is 5.32 Å². The molecule has 0 bridgehead atoms. The van der Waals surface area contributed by atoms with Crippen molar-refractivity contribution >= 4 is 33.3 Å². The van der Waals surface area contributed by atoms with Crippen molar-refractivity contribution in [3.63, 3.8) is 0 Å². The molecule has 2 aromatic rings. The molecule has 100 valence electrons. The molecule has 0 saturated heterocycles. The molecule has 0 aliphatic carbocycles. The minimum atomic E-state index is 0.658. The van der Waals surface area contributed by atoms with Crippen LogP contribution < -0.4 is 5.32 Å². The maximum absolute atomic E-state index is 6.12. The molecule has 0 atom stereocenters. The van der Waals surface area contributed by atoms with Gasteiger partial charge in [-0.25, -0.2) is 9.97 Å². The molecule has 0 aliphatic rings. The number of nitrogens with zero attached hydrogens (tertiary/aromatic N) is 2. The van der Waals surface area contributed by atoms with Crippen molar-refractivity contribution in [3.05, 3.63) is 39.0 Å². The van der Waals surface area contributed by atoms with E-state index in [0.29, 0.717) is 10.8 Å². The summed E-state index contributed by atoms with van der Waals surface area (Å²) in [5, 5.41) is 3.77. The van der Waals surface area contributed by atoms with Gasteiger partial charge in [0, 0.05) is 28.3 Å². The molecule has 0 aliphatic heterocycles. The zero-order valence-electron chi connectivity index (χ0n) is 11.1. The largest absolute Gasteiger partial charge is 0.373 e. The minimum absolute atomic E-state index is 0.658. The normalized spacial score (nSPS) is 10.6. The lowest BCUT2D eigenvalue weighted by Gasteiger charge is -2.11. The fourth-order valence-corrected chi connectivity index (χ4v) is 2.34. The van der Waals surface area contributed by atoms with Crippen molar-refractivity contribution in [1.82, 2.24) is 9.97 Å². The molecule has 1 aromatic carbocycles. The van der Waals surface area contributed by atoms with Crippen LogP contribution in [0.3, 0.4) is 0 Å². The van der Waals surface area contributed by atoms with Crippen molar-refractivity contribution in [2.24, 2.45) is 0 Å². The minimum Gasteiger partial charge on any atom is -0.373 e. The lowest BCUT2D eigenvalue weighted by atomic mass is 10.1. The summed E-state index contributed by atoms with van der Waals surface area (Å²) in [6.07, 6.45) is 0.875. The standard InChI is InChI=1S/C14H15BrClN3/c1-4-12-8(2)13(17-3)19-14(18-12)9-5-6-10(15)11(16)7-9/h5-7H,4H2,1-3H3,(H,17,18,19). The second-order valence-electron chi connectivity index (χ2n) is 4.20. The molecule has 19 heavy (non-hydrogen) atoms. The van der Waals surface area contributed by atoms with E-state index in [9.17, 15) is 0 Å². The van der Waals surface area contributed by atoms with E-state index in [1.54, 1.807) is 0 Å². The number of aromatic nitrogens is 2. The van der Waals surface area contributed by atoms with Gasteiger partial charge in [0.25, 0.3) is 0 Å². The van der Waals surface area contributed by atoms with Gasteiger partial charge in [-0.05, 0) is 47.5 Å². The lowest BCUT2D eigenvalue weighted by molar-refractivity contribution is 0.977. The lowest BCUT2D eigenvalue weighted by Crippen LogP contribution is -2.04. The van der Waals surface area contributed by atoms with Gasteiger partial charge in [0.05, 0.1) is 5.02 Å². The molecule has 1 heterocycles. The van der Waals surface area contributed by atoms with E-state index in [1.807, 2.05) is 32.2 Å². The Morgan fingerprint density at radius 2 is 2.05 bits per heavy atom. The van der Waals surface area contributed by atoms with Crippen LogP contribution >= 0.6 is 27.5 Å². The van der Waals surface area contributed by atoms with E-state index in [-0.39, 0.29) is 0 Å². The van der Waals surface area contributed by atoms with Crippen molar-refractivity contribution < 1.29 is 0 Å². The van der Waals surface area contributed by atoms with Crippen LogP contribution in [0.4, 0.5) is 5.82 Å². The Morgan fingerprint density at radius 1 is 1.32 bits per heavy atom. The Morgan fingerprint density at radius 3 is 2.63 bits per heavy atom. The SMILES string of the molecule is CCc1nc(-c2ccc(Br)c(Cl)c2)nc(NC)c1C. The van der Waals surface area contributed by atoms with Gasteiger partial charge in [0.1, 0.15) is 5.82 Å². The second kappa shape index (κ2) is 5.88. The van der Waals surface area contributed by atoms with Crippen LogP contribution in [-0.4, -0.2) is 17.0 Å². The molecular formula is C14H15BrClN3. The van der Waals surface area contributed by atoms with E-state index in [2.05, 4.69) is 38.1 Å².